The van der Waals surface area contributed by atoms with Crippen LogP contribution in [-0.4, -0.2) is 7.28 Å². The zero-order chi connectivity index (χ0) is 18.4. The molecule has 2 aliphatic carbocycles. The van der Waals surface area contributed by atoms with E-state index in [4.69, 9.17) is 0 Å². The predicted octanol–water partition coefficient (Wildman–Crippen LogP) is 7.89. The van der Waals surface area contributed by atoms with Crippen LogP contribution in [0.3, 0.4) is 0 Å². The van der Waals surface area contributed by atoms with Crippen molar-refractivity contribution < 1.29 is 0 Å². The molecule has 0 aromatic carbocycles. The van der Waals surface area contributed by atoms with Crippen molar-refractivity contribution in [3.63, 3.8) is 0 Å². The van der Waals surface area contributed by atoms with Gasteiger partial charge in [0.25, 0.3) is 0 Å². The van der Waals surface area contributed by atoms with Gasteiger partial charge in [0.1, 0.15) is 7.28 Å². The van der Waals surface area contributed by atoms with E-state index in [9.17, 15) is 0 Å². The molecule has 0 heterocycles. The van der Waals surface area contributed by atoms with Gasteiger partial charge in [0.15, 0.2) is 0 Å². The molecule has 25 heavy (non-hydrogen) atoms. The number of hydrogen-bond acceptors (Lipinski definition) is 0. The van der Waals surface area contributed by atoms with Crippen molar-refractivity contribution in [1.82, 2.24) is 0 Å². The van der Waals surface area contributed by atoms with E-state index in [2.05, 4.69) is 41.5 Å². The second kappa shape index (κ2) is 9.84. The third kappa shape index (κ3) is 6.03. The Morgan fingerprint density at radius 1 is 0.760 bits per heavy atom. The molecule has 0 saturated heterocycles. The Balaban J connectivity index is 1.82. The summed E-state index contributed by atoms with van der Waals surface area (Å²) in [4.78, 5) is 0. The van der Waals surface area contributed by atoms with E-state index >= 15 is 0 Å². The summed E-state index contributed by atoms with van der Waals surface area (Å²) in [5, 5.41) is 0.682. The summed E-state index contributed by atoms with van der Waals surface area (Å²) in [5.74, 6) is 5.69. The third-order valence-corrected chi connectivity index (χ3v) is 8.33. The monoisotopic (exact) mass is 346 g/mol. The molecule has 0 spiro atoms. The van der Waals surface area contributed by atoms with E-state index in [0.29, 0.717) is 5.31 Å². The lowest BCUT2D eigenvalue weighted by atomic mass is 9.38. The van der Waals surface area contributed by atoms with Gasteiger partial charge in [-0.3, -0.25) is 0 Å². The zero-order valence-electron chi connectivity index (χ0n) is 18.4. The van der Waals surface area contributed by atoms with Crippen LogP contribution in [0.4, 0.5) is 0 Å². The maximum Gasteiger partial charge on any atom is 0.131 e. The molecule has 2 fully saturated rings. The Hall–Kier alpha value is 0.0649. The Labute approximate surface area is 160 Å². The fourth-order valence-corrected chi connectivity index (χ4v) is 6.40. The second-order valence-corrected chi connectivity index (χ2v) is 10.9. The lowest BCUT2D eigenvalue weighted by Gasteiger charge is -2.44. The molecule has 0 radical (unpaired) electrons. The molecule has 0 aromatic rings. The van der Waals surface area contributed by atoms with Crippen LogP contribution in [0.5, 0.6) is 0 Å². The summed E-state index contributed by atoms with van der Waals surface area (Å²) in [6, 6.07) is 0. The predicted molar refractivity (Wildman–Crippen MR) is 116 cm³/mol. The lowest BCUT2D eigenvalue weighted by Crippen LogP contribution is -2.32. The molecule has 2 saturated carbocycles. The molecular weight excluding hydrogens is 299 g/mol. The molecule has 0 bridgehead atoms. The SMILES string of the molecule is CC(C)BC1(C(C)CCC(C)C2CCC(C(C)C)CC2)CCCCC1. The first-order valence-corrected chi connectivity index (χ1v) is 11.8. The van der Waals surface area contributed by atoms with Gasteiger partial charge in [-0.2, -0.15) is 0 Å². The standard InChI is InChI=1S/C24H47B/c1-18(2)22-12-14-23(15-13-22)20(5)10-11-21(6)24(25-19(3)4)16-8-7-9-17-24/h18-23,25H,7-17H2,1-6H3. The molecule has 0 N–H and O–H groups in total. The largest absolute Gasteiger partial charge is 0.131 e. The van der Waals surface area contributed by atoms with Gasteiger partial charge in [-0.05, 0) is 55.3 Å². The highest BCUT2D eigenvalue weighted by atomic mass is 14.4. The normalized spacial score (nSPS) is 29.6. The molecule has 1 heteroatoms. The summed E-state index contributed by atoms with van der Waals surface area (Å²) in [6.45, 7) is 14.9. The van der Waals surface area contributed by atoms with Crippen molar-refractivity contribution >= 4 is 7.28 Å². The third-order valence-electron chi connectivity index (χ3n) is 8.33. The fourth-order valence-electron chi connectivity index (χ4n) is 6.40. The lowest BCUT2D eigenvalue weighted by molar-refractivity contribution is 0.166. The fraction of sp³-hybridized carbons (Fsp3) is 1.00. The van der Waals surface area contributed by atoms with Gasteiger partial charge in [-0.15, -0.1) is 0 Å². The van der Waals surface area contributed by atoms with E-state index in [1.165, 1.54) is 77.9 Å². The van der Waals surface area contributed by atoms with Crippen LogP contribution >= 0.6 is 0 Å². The highest BCUT2D eigenvalue weighted by Crippen LogP contribution is 2.52. The molecular formula is C24H47B. The quantitative estimate of drug-likeness (QED) is 0.392. The Bertz CT molecular complexity index is 358. The average molecular weight is 346 g/mol. The van der Waals surface area contributed by atoms with E-state index < -0.39 is 0 Å². The molecule has 0 amide bonds. The molecule has 0 aliphatic heterocycles. The minimum Gasteiger partial charge on any atom is -0.0706 e. The van der Waals surface area contributed by atoms with Gasteiger partial charge in [0, 0.05) is 0 Å². The zero-order valence-corrected chi connectivity index (χ0v) is 18.4. The Kier molecular flexibility index (Phi) is 8.41. The van der Waals surface area contributed by atoms with Crippen LogP contribution in [0.2, 0.25) is 11.1 Å². The molecule has 2 atom stereocenters. The van der Waals surface area contributed by atoms with E-state index in [1.807, 2.05) is 0 Å². The summed E-state index contributed by atoms with van der Waals surface area (Å²) < 4.78 is 0. The van der Waals surface area contributed by atoms with Crippen LogP contribution in [0.15, 0.2) is 0 Å². The summed E-state index contributed by atoms with van der Waals surface area (Å²) in [5.41, 5.74) is 0. The van der Waals surface area contributed by atoms with Gasteiger partial charge in [-0.1, -0.05) is 97.6 Å². The van der Waals surface area contributed by atoms with Crippen molar-refractivity contribution in [2.45, 2.75) is 123 Å². The minimum absolute atomic E-state index is 0.682. The smallest absolute Gasteiger partial charge is 0.0706 e. The Morgan fingerprint density at radius 2 is 1.32 bits per heavy atom. The molecule has 0 aromatic heterocycles. The van der Waals surface area contributed by atoms with Crippen molar-refractivity contribution in [2.75, 3.05) is 0 Å². The van der Waals surface area contributed by atoms with Crippen molar-refractivity contribution in [3.05, 3.63) is 0 Å². The first-order valence-electron chi connectivity index (χ1n) is 11.8. The van der Waals surface area contributed by atoms with Gasteiger partial charge >= 0.3 is 0 Å². The maximum atomic E-state index is 2.61. The highest BCUT2D eigenvalue weighted by Gasteiger charge is 2.38. The van der Waals surface area contributed by atoms with Crippen molar-refractivity contribution in [2.24, 2.45) is 29.6 Å². The van der Waals surface area contributed by atoms with Crippen LogP contribution in [0.1, 0.15) is 112 Å². The van der Waals surface area contributed by atoms with Crippen molar-refractivity contribution in [1.29, 1.82) is 0 Å². The molecule has 2 rings (SSSR count). The minimum atomic E-state index is 0.682. The molecule has 2 aliphatic rings. The average Bonchev–Trinajstić information content (AvgIpc) is 2.59. The summed E-state index contributed by atoms with van der Waals surface area (Å²) in [6.07, 6.45) is 16.5. The Morgan fingerprint density at radius 3 is 1.84 bits per heavy atom. The van der Waals surface area contributed by atoms with Gasteiger partial charge < -0.3 is 0 Å². The van der Waals surface area contributed by atoms with Crippen molar-refractivity contribution in [3.8, 4) is 0 Å². The highest BCUT2D eigenvalue weighted by molar-refractivity contribution is 6.41. The topological polar surface area (TPSA) is 0 Å². The van der Waals surface area contributed by atoms with Gasteiger partial charge in [0.2, 0.25) is 0 Å². The van der Waals surface area contributed by atoms with Crippen LogP contribution in [-0.2, 0) is 0 Å². The number of rotatable bonds is 8. The van der Waals surface area contributed by atoms with E-state index in [-0.39, 0.29) is 0 Å². The first kappa shape index (κ1) is 21.4. The second-order valence-electron chi connectivity index (χ2n) is 10.9. The molecule has 0 nitrogen and oxygen atoms in total. The number of hydrogen-bond donors (Lipinski definition) is 0. The van der Waals surface area contributed by atoms with Gasteiger partial charge in [-0.25, -0.2) is 0 Å². The summed E-state index contributed by atoms with van der Waals surface area (Å²) >= 11 is 0. The molecule has 2 unspecified atom stereocenters. The maximum absolute atomic E-state index is 2.61. The van der Waals surface area contributed by atoms with Crippen LogP contribution < -0.4 is 0 Å². The van der Waals surface area contributed by atoms with E-state index in [0.717, 1.165) is 35.4 Å². The summed E-state index contributed by atoms with van der Waals surface area (Å²) in [7, 11) is 1.47. The van der Waals surface area contributed by atoms with Crippen LogP contribution in [0.25, 0.3) is 0 Å². The van der Waals surface area contributed by atoms with E-state index in [1.54, 1.807) is 0 Å². The van der Waals surface area contributed by atoms with Gasteiger partial charge in [0.05, 0.1) is 0 Å². The first-order chi connectivity index (χ1) is 11.8. The van der Waals surface area contributed by atoms with Crippen LogP contribution in [0, 0.1) is 29.6 Å². The molecule has 146 valence electrons.